The average Bonchev–Trinajstić information content (AvgIpc) is 3.29. The first kappa shape index (κ1) is 19.5. The van der Waals surface area contributed by atoms with Gasteiger partial charge in [-0.25, -0.2) is 4.39 Å². The highest BCUT2D eigenvalue weighted by molar-refractivity contribution is 5.67. The molecular formula is C27H26FN3O. The van der Waals surface area contributed by atoms with E-state index >= 15 is 0 Å². The summed E-state index contributed by atoms with van der Waals surface area (Å²) in [5.74, 6) is 0.740. The van der Waals surface area contributed by atoms with Crippen molar-refractivity contribution in [1.29, 1.82) is 0 Å². The largest absolute Gasteiger partial charge is 0.470 e. The van der Waals surface area contributed by atoms with Crippen LogP contribution in [0.4, 0.5) is 4.39 Å². The minimum atomic E-state index is -0.412. The van der Waals surface area contributed by atoms with E-state index in [9.17, 15) is 4.39 Å². The van der Waals surface area contributed by atoms with Crippen molar-refractivity contribution >= 4 is 5.70 Å². The van der Waals surface area contributed by atoms with Crippen molar-refractivity contribution in [1.82, 2.24) is 15.3 Å². The third kappa shape index (κ3) is 3.38. The minimum Gasteiger partial charge on any atom is -0.470 e. The van der Waals surface area contributed by atoms with Crippen LogP contribution in [0, 0.1) is 5.82 Å². The number of nitrogens with zero attached hydrogens (tertiary/aromatic N) is 2. The zero-order valence-corrected chi connectivity index (χ0v) is 17.9. The Kier molecular flexibility index (Phi) is 4.74. The van der Waals surface area contributed by atoms with Crippen molar-refractivity contribution in [2.75, 3.05) is 13.1 Å². The van der Waals surface area contributed by atoms with Crippen LogP contribution in [0.15, 0.2) is 84.9 Å². The van der Waals surface area contributed by atoms with E-state index in [0.29, 0.717) is 0 Å². The smallest absolute Gasteiger partial charge is 0.182 e. The minimum absolute atomic E-state index is 0.0840. The fourth-order valence-corrected chi connectivity index (χ4v) is 5.16. The molecule has 3 aromatic rings. The number of hydrogen-bond acceptors (Lipinski definition) is 4. The highest BCUT2D eigenvalue weighted by Crippen LogP contribution is 2.48. The van der Waals surface area contributed by atoms with Gasteiger partial charge in [0, 0.05) is 38.0 Å². The maximum atomic E-state index is 13.5. The molecule has 3 aromatic carbocycles. The Morgan fingerprint density at radius 1 is 0.906 bits per heavy atom. The number of hydrogen-bond donors (Lipinski definition) is 1. The molecule has 3 aliphatic heterocycles. The topological polar surface area (TPSA) is 27.7 Å². The Morgan fingerprint density at radius 2 is 1.62 bits per heavy atom. The lowest BCUT2D eigenvalue weighted by Crippen LogP contribution is -2.63. The molecule has 162 valence electrons. The summed E-state index contributed by atoms with van der Waals surface area (Å²) in [5, 5.41) is 2.29. The Labute approximate surface area is 187 Å². The lowest BCUT2D eigenvalue weighted by molar-refractivity contribution is -0.160. The highest BCUT2D eigenvalue weighted by atomic mass is 19.1. The molecule has 1 saturated heterocycles. The van der Waals surface area contributed by atoms with Gasteiger partial charge in [-0.15, -0.1) is 0 Å². The molecule has 4 nitrogen and oxygen atoms in total. The fraction of sp³-hybridized carbons (Fsp3) is 0.259. The van der Waals surface area contributed by atoms with Crippen molar-refractivity contribution in [3.8, 4) is 5.75 Å². The summed E-state index contributed by atoms with van der Waals surface area (Å²) < 4.78 is 20.2. The Balaban J connectivity index is 1.28. The quantitative estimate of drug-likeness (QED) is 0.629. The molecule has 1 atom stereocenters. The summed E-state index contributed by atoms with van der Waals surface area (Å²) >= 11 is 0. The van der Waals surface area contributed by atoms with Gasteiger partial charge < -0.3 is 10.2 Å². The number of hydrazine groups is 1. The van der Waals surface area contributed by atoms with Crippen LogP contribution in [0.5, 0.6) is 5.75 Å². The van der Waals surface area contributed by atoms with Crippen LogP contribution in [-0.2, 0) is 6.54 Å². The van der Waals surface area contributed by atoms with Gasteiger partial charge in [-0.3, -0.25) is 4.90 Å². The normalized spacial score (nSPS) is 21.9. The lowest BCUT2D eigenvalue weighted by Gasteiger charge is -2.51. The second-order valence-corrected chi connectivity index (χ2v) is 8.86. The average molecular weight is 428 g/mol. The van der Waals surface area contributed by atoms with Crippen molar-refractivity contribution in [2.24, 2.45) is 0 Å². The van der Waals surface area contributed by atoms with Gasteiger partial charge in [0.15, 0.2) is 5.72 Å². The molecule has 3 heterocycles. The summed E-state index contributed by atoms with van der Waals surface area (Å²) in [6.07, 6.45) is 4.05. The predicted molar refractivity (Wildman–Crippen MR) is 123 cm³/mol. The van der Waals surface area contributed by atoms with Gasteiger partial charge >= 0.3 is 0 Å². The number of likely N-dealkylation sites (tertiary alicyclic amines) is 1. The molecule has 6 rings (SSSR count). The van der Waals surface area contributed by atoms with E-state index in [1.807, 2.05) is 18.2 Å². The Bertz CT molecular complexity index is 1140. The first-order valence-electron chi connectivity index (χ1n) is 11.3. The zero-order valence-electron chi connectivity index (χ0n) is 17.9. The number of nitrogens with one attached hydrogen (secondary N) is 1. The first-order chi connectivity index (χ1) is 15.7. The Hall–Kier alpha value is -3.15. The summed E-state index contributed by atoms with van der Waals surface area (Å²) in [4.78, 5) is 2.50. The van der Waals surface area contributed by atoms with Crippen LogP contribution >= 0.6 is 0 Å². The molecule has 0 amide bonds. The predicted octanol–water partition coefficient (Wildman–Crippen LogP) is 5.11. The second kappa shape index (κ2) is 7.76. The van der Waals surface area contributed by atoms with Crippen LogP contribution < -0.4 is 10.2 Å². The summed E-state index contributed by atoms with van der Waals surface area (Å²) in [5.41, 5.74) is 7.70. The number of benzene rings is 3. The van der Waals surface area contributed by atoms with Gasteiger partial charge in [-0.2, -0.15) is 5.01 Å². The number of ether oxygens (including phenoxy) is 1. The molecule has 1 fully saturated rings. The molecule has 3 aliphatic rings. The van der Waals surface area contributed by atoms with Crippen molar-refractivity contribution in [3.05, 3.63) is 107 Å². The molecule has 1 spiro atoms. The van der Waals surface area contributed by atoms with E-state index in [-0.39, 0.29) is 11.9 Å². The zero-order chi connectivity index (χ0) is 21.5. The van der Waals surface area contributed by atoms with Crippen LogP contribution in [0.2, 0.25) is 0 Å². The van der Waals surface area contributed by atoms with Crippen molar-refractivity contribution in [3.63, 3.8) is 0 Å². The van der Waals surface area contributed by atoms with Crippen molar-refractivity contribution in [2.45, 2.75) is 31.2 Å². The molecule has 0 saturated carbocycles. The molecule has 0 bridgehead atoms. The highest BCUT2D eigenvalue weighted by Gasteiger charge is 2.51. The molecule has 1 N–H and O–H groups in total. The van der Waals surface area contributed by atoms with Crippen LogP contribution in [0.3, 0.4) is 0 Å². The molecule has 32 heavy (non-hydrogen) atoms. The van der Waals surface area contributed by atoms with Crippen LogP contribution in [-0.4, -0.2) is 28.7 Å². The number of rotatable bonds is 3. The number of halogens is 1. The third-order valence-corrected chi connectivity index (χ3v) is 6.86. The maximum absolute atomic E-state index is 13.5. The van der Waals surface area contributed by atoms with E-state index in [1.54, 1.807) is 0 Å². The number of fused-ring (bicyclic) bond motifs is 4. The summed E-state index contributed by atoms with van der Waals surface area (Å²) in [6, 6.07) is 25.7. The van der Waals surface area contributed by atoms with Gasteiger partial charge in [0.1, 0.15) is 11.6 Å². The summed E-state index contributed by atoms with van der Waals surface area (Å²) in [7, 11) is 0. The number of piperidine rings is 1. The second-order valence-electron chi connectivity index (χ2n) is 8.86. The molecule has 0 radical (unpaired) electrons. The van der Waals surface area contributed by atoms with E-state index in [0.717, 1.165) is 55.0 Å². The first-order valence-corrected chi connectivity index (χ1v) is 11.3. The van der Waals surface area contributed by atoms with Gasteiger partial charge in [0.25, 0.3) is 0 Å². The fourth-order valence-electron chi connectivity index (χ4n) is 5.16. The lowest BCUT2D eigenvalue weighted by atomic mass is 9.92. The SMILES string of the molecule is Fc1ccc(C2=CC3c4ccccc4OC4(CCN(Cc5ccccc5)CC4)N3N2)cc1. The summed E-state index contributed by atoms with van der Waals surface area (Å²) in [6.45, 7) is 2.89. The van der Waals surface area contributed by atoms with Gasteiger partial charge in [-0.1, -0.05) is 48.5 Å². The molecule has 0 aromatic heterocycles. The molecule has 1 unspecified atom stereocenters. The van der Waals surface area contributed by atoms with Crippen molar-refractivity contribution < 1.29 is 9.13 Å². The van der Waals surface area contributed by atoms with Crippen LogP contribution in [0.1, 0.15) is 35.6 Å². The third-order valence-electron chi connectivity index (χ3n) is 6.86. The van der Waals surface area contributed by atoms with Crippen LogP contribution in [0.25, 0.3) is 5.70 Å². The van der Waals surface area contributed by atoms with Gasteiger partial charge in [0.2, 0.25) is 0 Å². The van der Waals surface area contributed by atoms with E-state index < -0.39 is 5.72 Å². The molecular weight excluding hydrogens is 401 g/mol. The molecule has 5 heteroatoms. The standard InChI is InChI=1S/C27H26FN3O/c28-22-12-10-21(11-13-22)24-18-25-23-8-4-5-9-26(23)32-27(31(25)29-24)14-16-30(17-15-27)19-20-6-2-1-3-7-20/h1-13,18,25,29H,14-17,19H2. The molecule has 0 aliphatic carbocycles. The maximum Gasteiger partial charge on any atom is 0.182 e. The van der Waals surface area contributed by atoms with Gasteiger partial charge in [-0.05, 0) is 47.5 Å². The Morgan fingerprint density at radius 3 is 2.41 bits per heavy atom. The van der Waals surface area contributed by atoms with Gasteiger partial charge in [0.05, 0.1) is 11.7 Å². The van der Waals surface area contributed by atoms with E-state index in [2.05, 4.69) is 69.9 Å². The van der Waals surface area contributed by atoms with E-state index in [4.69, 9.17) is 4.74 Å². The monoisotopic (exact) mass is 427 g/mol. The van der Waals surface area contributed by atoms with E-state index in [1.165, 1.54) is 17.7 Å². The number of para-hydroxylation sites is 1.